The van der Waals surface area contributed by atoms with Crippen molar-refractivity contribution >= 4 is 6.29 Å². The van der Waals surface area contributed by atoms with Crippen molar-refractivity contribution in [2.75, 3.05) is 0 Å². The zero-order valence-electron chi connectivity index (χ0n) is 9.86. The van der Waals surface area contributed by atoms with Crippen molar-refractivity contribution in [2.45, 2.75) is 44.6 Å². The molecule has 0 aliphatic carbocycles. The fourth-order valence-corrected chi connectivity index (χ4v) is 1.82. The standard InChI is InChI=1S/C14H20O2/c1-2-3-7-10-14(16,12-15)11-13-8-5-4-6-9-13/h4-6,8-9,12,16H,2-3,7,10-11H2,1H3. The summed E-state index contributed by atoms with van der Waals surface area (Å²) in [4.78, 5) is 11.0. The van der Waals surface area contributed by atoms with Gasteiger partial charge in [-0.15, -0.1) is 0 Å². The Bertz CT molecular complexity index is 308. The maximum Gasteiger partial charge on any atom is 0.151 e. The zero-order valence-corrected chi connectivity index (χ0v) is 9.86. The molecule has 0 heterocycles. The summed E-state index contributed by atoms with van der Waals surface area (Å²) in [7, 11) is 0. The summed E-state index contributed by atoms with van der Waals surface area (Å²) < 4.78 is 0. The Morgan fingerprint density at radius 1 is 1.25 bits per heavy atom. The lowest BCUT2D eigenvalue weighted by atomic mass is 9.90. The van der Waals surface area contributed by atoms with E-state index in [2.05, 4.69) is 6.92 Å². The average Bonchev–Trinajstić information content (AvgIpc) is 2.31. The van der Waals surface area contributed by atoms with Crippen LogP contribution in [0.1, 0.15) is 38.2 Å². The van der Waals surface area contributed by atoms with Gasteiger partial charge in [-0.2, -0.15) is 0 Å². The molecule has 0 aromatic heterocycles. The molecule has 16 heavy (non-hydrogen) atoms. The highest BCUT2D eigenvalue weighted by Crippen LogP contribution is 2.18. The molecule has 2 heteroatoms. The van der Waals surface area contributed by atoms with Crippen LogP contribution in [-0.2, 0) is 11.2 Å². The molecule has 2 nitrogen and oxygen atoms in total. The van der Waals surface area contributed by atoms with Gasteiger partial charge >= 0.3 is 0 Å². The molecule has 1 atom stereocenters. The van der Waals surface area contributed by atoms with Gasteiger partial charge in [0.1, 0.15) is 5.60 Å². The number of benzene rings is 1. The van der Waals surface area contributed by atoms with Gasteiger partial charge in [-0.05, 0) is 12.0 Å². The van der Waals surface area contributed by atoms with E-state index in [1.807, 2.05) is 30.3 Å². The molecular weight excluding hydrogens is 200 g/mol. The normalized spacial score (nSPS) is 14.4. The fraction of sp³-hybridized carbons (Fsp3) is 0.500. The minimum absolute atomic E-state index is 0.418. The quantitative estimate of drug-likeness (QED) is 0.566. The average molecular weight is 220 g/mol. The van der Waals surface area contributed by atoms with Crippen LogP contribution in [0.15, 0.2) is 30.3 Å². The van der Waals surface area contributed by atoms with Gasteiger partial charge in [-0.3, -0.25) is 0 Å². The van der Waals surface area contributed by atoms with E-state index in [0.29, 0.717) is 19.1 Å². The Morgan fingerprint density at radius 3 is 2.50 bits per heavy atom. The highest BCUT2D eigenvalue weighted by molar-refractivity contribution is 5.62. The lowest BCUT2D eigenvalue weighted by Gasteiger charge is -2.21. The molecule has 0 amide bonds. The van der Waals surface area contributed by atoms with Crippen molar-refractivity contribution in [3.8, 4) is 0 Å². The molecule has 0 bridgehead atoms. The summed E-state index contributed by atoms with van der Waals surface area (Å²) in [5, 5.41) is 10.1. The van der Waals surface area contributed by atoms with Gasteiger partial charge in [0.2, 0.25) is 0 Å². The lowest BCUT2D eigenvalue weighted by molar-refractivity contribution is -0.124. The molecule has 1 rings (SSSR count). The maximum atomic E-state index is 11.0. The number of aldehydes is 1. The van der Waals surface area contributed by atoms with Gasteiger partial charge in [0.15, 0.2) is 6.29 Å². The van der Waals surface area contributed by atoms with Gasteiger partial charge in [-0.25, -0.2) is 0 Å². The van der Waals surface area contributed by atoms with Crippen molar-refractivity contribution in [1.82, 2.24) is 0 Å². The number of aliphatic hydroxyl groups is 1. The van der Waals surface area contributed by atoms with E-state index in [-0.39, 0.29) is 0 Å². The van der Waals surface area contributed by atoms with E-state index in [1.165, 1.54) is 0 Å². The third-order valence-corrected chi connectivity index (χ3v) is 2.79. The first kappa shape index (κ1) is 12.9. The van der Waals surface area contributed by atoms with Crippen LogP contribution in [-0.4, -0.2) is 17.0 Å². The summed E-state index contributed by atoms with van der Waals surface area (Å²) >= 11 is 0. The summed E-state index contributed by atoms with van der Waals surface area (Å²) in [6, 6.07) is 9.66. The zero-order chi connectivity index (χ0) is 11.9. The van der Waals surface area contributed by atoms with Crippen molar-refractivity contribution < 1.29 is 9.90 Å². The molecule has 1 aromatic carbocycles. The van der Waals surface area contributed by atoms with Crippen LogP contribution in [0, 0.1) is 0 Å². The van der Waals surface area contributed by atoms with Crippen molar-refractivity contribution in [1.29, 1.82) is 0 Å². The summed E-state index contributed by atoms with van der Waals surface area (Å²) in [6.07, 6.45) is 4.72. The maximum absolute atomic E-state index is 11.0. The predicted molar refractivity (Wildman–Crippen MR) is 65.3 cm³/mol. The van der Waals surface area contributed by atoms with Gasteiger partial charge in [-0.1, -0.05) is 56.5 Å². The number of carbonyl (C=O) groups is 1. The molecule has 0 saturated heterocycles. The molecule has 0 aliphatic heterocycles. The minimum Gasteiger partial charge on any atom is -0.382 e. The van der Waals surface area contributed by atoms with Crippen LogP contribution >= 0.6 is 0 Å². The Morgan fingerprint density at radius 2 is 1.94 bits per heavy atom. The molecule has 1 N–H and O–H groups in total. The van der Waals surface area contributed by atoms with E-state index in [4.69, 9.17) is 0 Å². The molecule has 0 radical (unpaired) electrons. The number of carbonyl (C=O) groups excluding carboxylic acids is 1. The minimum atomic E-state index is -1.18. The molecule has 0 aliphatic rings. The highest BCUT2D eigenvalue weighted by atomic mass is 16.3. The van der Waals surface area contributed by atoms with Crippen molar-refractivity contribution in [3.63, 3.8) is 0 Å². The summed E-state index contributed by atoms with van der Waals surface area (Å²) in [5.41, 5.74) is -0.176. The molecule has 88 valence electrons. The lowest BCUT2D eigenvalue weighted by Crippen LogP contribution is -2.33. The SMILES string of the molecule is CCCCCC(O)(C=O)Cc1ccccc1. The second-order valence-corrected chi connectivity index (χ2v) is 4.34. The number of hydrogen-bond donors (Lipinski definition) is 1. The van der Waals surface area contributed by atoms with Gasteiger partial charge in [0, 0.05) is 6.42 Å². The first-order valence-corrected chi connectivity index (χ1v) is 5.93. The van der Waals surface area contributed by atoms with Crippen LogP contribution in [0.2, 0.25) is 0 Å². The van der Waals surface area contributed by atoms with Crippen LogP contribution in [0.5, 0.6) is 0 Å². The van der Waals surface area contributed by atoms with Crippen molar-refractivity contribution in [2.24, 2.45) is 0 Å². The smallest absolute Gasteiger partial charge is 0.151 e. The van der Waals surface area contributed by atoms with Gasteiger partial charge < -0.3 is 9.90 Å². The Balaban J connectivity index is 2.56. The van der Waals surface area contributed by atoms with E-state index < -0.39 is 5.60 Å². The summed E-state index contributed by atoms with van der Waals surface area (Å²) in [6.45, 7) is 2.11. The topological polar surface area (TPSA) is 37.3 Å². The first-order valence-electron chi connectivity index (χ1n) is 5.93. The Hall–Kier alpha value is -1.15. The molecule has 1 aromatic rings. The third-order valence-electron chi connectivity index (χ3n) is 2.79. The van der Waals surface area contributed by atoms with Crippen LogP contribution in [0.25, 0.3) is 0 Å². The van der Waals surface area contributed by atoms with Crippen LogP contribution < -0.4 is 0 Å². The number of unbranched alkanes of at least 4 members (excludes halogenated alkanes) is 2. The van der Waals surface area contributed by atoms with E-state index in [0.717, 1.165) is 24.8 Å². The van der Waals surface area contributed by atoms with Crippen LogP contribution in [0.3, 0.4) is 0 Å². The molecular formula is C14H20O2. The largest absolute Gasteiger partial charge is 0.382 e. The molecule has 0 fully saturated rings. The van der Waals surface area contributed by atoms with Gasteiger partial charge in [0.25, 0.3) is 0 Å². The monoisotopic (exact) mass is 220 g/mol. The Labute approximate surface area is 97.3 Å². The third kappa shape index (κ3) is 4.15. The first-order chi connectivity index (χ1) is 7.70. The number of hydrogen-bond acceptors (Lipinski definition) is 2. The van der Waals surface area contributed by atoms with E-state index in [1.54, 1.807) is 0 Å². The van der Waals surface area contributed by atoms with Crippen molar-refractivity contribution in [3.05, 3.63) is 35.9 Å². The molecule has 0 spiro atoms. The van der Waals surface area contributed by atoms with Crippen LogP contribution in [0.4, 0.5) is 0 Å². The van der Waals surface area contributed by atoms with E-state index >= 15 is 0 Å². The molecule has 0 saturated carbocycles. The number of rotatable bonds is 7. The molecule has 1 unspecified atom stereocenters. The van der Waals surface area contributed by atoms with E-state index in [9.17, 15) is 9.90 Å². The summed E-state index contributed by atoms with van der Waals surface area (Å²) in [5.74, 6) is 0. The predicted octanol–water partition coefficient (Wildman–Crippen LogP) is 2.74. The second-order valence-electron chi connectivity index (χ2n) is 4.34. The Kier molecular flexibility index (Phi) is 5.20. The second kappa shape index (κ2) is 6.44. The highest BCUT2D eigenvalue weighted by Gasteiger charge is 2.25. The van der Waals surface area contributed by atoms with Gasteiger partial charge in [0.05, 0.1) is 0 Å². The fourth-order valence-electron chi connectivity index (χ4n) is 1.82.